The van der Waals surface area contributed by atoms with Crippen molar-refractivity contribution in [2.75, 3.05) is 0 Å². The highest BCUT2D eigenvalue weighted by Crippen LogP contribution is 2.12. The number of benzene rings is 1. The maximum absolute atomic E-state index is 11.2. The van der Waals surface area contributed by atoms with Crippen molar-refractivity contribution < 1.29 is 9.22 Å². The first-order valence-electron chi connectivity index (χ1n) is 9.02. The highest BCUT2D eigenvalue weighted by molar-refractivity contribution is 6.28. The van der Waals surface area contributed by atoms with Gasteiger partial charge in [0.15, 0.2) is 0 Å². The zero-order valence-corrected chi connectivity index (χ0v) is 15.6. The number of unbranched alkanes of at least 4 members (excludes halogenated alkanes) is 8. The number of rotatable bonds is 13. The van der Waals surface area contributed by atoms with Gasteiger partial charge in [0.2, 0.25) is 9.76 Å². The molecule has 0 saturated carbocycles. The quantitative estimate of drug-likeness (QED) is 0.385. The van der Waals surface area contributed by atoms with Gasteiger partial charge in [-0.3, -0.25) is 4.79 Å². The minimum absolute atomic E-state index is 0.0209. The Balaban J connectivity index is 1.79. The van der Waals surface area contributed by atoms with E-state index in [1.807, 2.05) is 6.55 Å². The van der Waals surface area contributed by atoms with Crippen LogP contribution < -0.4 is 0 Å². The molecule has 1 aromatic rings. The molecule has 2 nitrogen and oxygen atoms in total. The zero-order chi connectivity index (χ0) is 15.9. The van der Waals surface area contributed by atoms with Crippen LogP contribution in [-0.4, -0.2) is 15.7 Å². The van der Waals surface area contributed by atoms with E-state index in [1.165, 1.54) is 63.4 Å². The van der Waals surface area contributed by atoms with Crippen molar-refractivity contribution in [3.63, 3.8) is 0 Å². The minimum Gasteiger partial charge on any atom is -0.525 e. The molecule has 0 aliphatic rings. The lowest BCUT2D eigenvalue weighted by Gasteiger charge is -2.04. The van der Waals surface area contributed by atoms with E-state index >= 15 is 0 Å². The Labute approximate surface area is 138 Å². The SMILES string of the molecule is C[SiH2]OC(=O)CCCCCCCCCCCc1ccccc1. The molecule has 0 heterocycles. The first-order valence-corrected chi connectivity index (χ1v) is 11.0. The second-order valence-corrected chi connectivity index (χ2v) is 6.84. The van der Waals surface area contributed by atoms with Gasteiger partial charge >= 0.3 is 0 Å². The fourth-order valence-electron chi connectivity index (χ4n) is 2.71. The van der Waals surface area contributed by atoms with E-state index in [0.717, 1.165) is 6.42 Å². The van der Waals surface area contributed by atoms with Crippen molar-refractivity contribution in [1.29, 1.82) is 0 Å². The Kier molecular flexibility index (Phi) is 11.7. The highest BCUT2D eigenvalue weighted by atomic mass is 28.2. The molecule has 3 heteroatoms. The number of hydrogen-bond donors (Lipinski definition) is 0. The van der Waals surface area contributed by atoms with Gasteiger partial charge in [-0.25, -0.2) is 0 Å². The van der Waals surface area contributed by atoms with Gasteiger partial charge < -0.3 is 4.43 Å². The maximum atomic E-state index is 11.2. The fraction of sp³-hybridized carbons (Fsp3) is 0.632. The van der Waals surface area contributed by atoms with Crippen molar-refractivity contribution in [2.45, 2.75) is 77.2 Å². The minimum atomic E-state index is -0.558. The monoisotopic (exact) mass is 320 g/mol. The van der Waals surface area contributed by atoms with Gasteiger partial charge in [-0.1, -0.05) is 75.3 Å². The number of aryl methyl sites for hydroxylation is 1. The summed E-state index contributed by atoms with van der Waals surface area (Å²) in [6.07, 6.45) is 13.3. The molecule has 0 aromatic heterocycles. The summed E-state index contributed by atoms with van der Waals surface area (Å²) in [6, 6.07) is 10.8. The van der Waals surface area contributed by atoms with E-state index in [9.17, 15) is 4.79 Å². The molecule has 0 amide bonds. The van der Waals surface area contributed by atoms with E-state index in [1.54, 1.807) is 0 Å². The zero-order valence-electron chi connectivity index (χ0n) is 14.2. The van der Waals surface area contributed by atoms with Gasteiger partial charge in [0, 0.05) is 6.42 Å². The summed E-state index contributed by atoms with van der Waals surface area (Å²) in [6.45, 7) is 2.00. The van der Waals surface area contributed by atoms with E-state index in [2.05, 4.69) is 30.3 Å². The summed E-state index contributed by atoms with van der Waals surface area (Å²) >= 11 is 0. The normalized spacial score (nSPS) is 11.1. The largest absolute Gasteiger partial charge is 0.525 e. The van der Waals surface area contributed by atoms with E-state index in [0.29, 0.717) is 6.42 Å². The number of hydrogen-bond acceptors (Lipinski definition) is 2. The molecule has 124 valence electrons. The lowest BCUT2D eigenvalue weighted by Crippen LogP contribution is -2.05. The Hall–Kier alpha value is -1.09. The second kappa shape index (κ2) is 13.6. The first kappa shape index (κ1) is 19.0. The second-order valence-electron chi connectivity index (χ2n) is 5.97. The molecule has 0 atom stereocenters. The standard InChI is InChI=1S/C19H32O2Si/c1-22-21-19(20)17-13-8-6-4-2-3-5-7-10-14-18-15-11-9-12-16-18/h9,11-12,15-16H,2-8,10,13-14,17,22H2,1H3. The Morgan fingerprint density at radius 2 is 1.41 bits per heavy atom. The van der Waals surface area contributed by atoms with Crippen LogP contribution >= 0.6 is 0 Å². The van der Waals surface area contributed by atoms with Crippen LogP contribution in [0.4, 0.5) is 0 Å². The van der Waals surface area contributed by atoms with Gasteiger partial charge in [-0.2, -0.15) is 0 Å². The third kappa shape index (κ3) is 10.6. The van der Waals surface area contributed by atoms with Gasteiger partial charge in [-0.15, -0.1) is 0 Å². The van der Waals surface area contributed by atoms with Crippen LogP contribution in [-0.2, 0) is 15.6 Å². The molecule has 1 aromatic carbocycles. The third-order valence-electron chi connectivity index (χ3n) is 3.99. The Morgan fingerprint density at radius 1 is 0.864 bits per heavy atom. The predicted octanol–water partition coefficient (Wildman–Crippen LogP) is 4.81. The summed E-state index contributed by atoms with van der Waals surface area (Å²) in [7, 11) is -0.558. The van der Waals surface area contributed by atoms with Crippen LogP contribution in [0.1, 0.15) is 69.8 Å². The van der Waals surface area contributed by atoms with E-state index in [4.69, 9.17) is 4.43 Å². The van der Waals surface area contributed by atoms with Crippen molar-refractivity contribution in [3.8, 4) is 0 Å². The molecule has 0 radical (unpaired) electrons. The predicted molar refractivity (Wildman–Crippen MR) is 96.8 cm³/mol. The average molecular weight is 321 g/mol. The molecule has 0 N–H and O–H groups in total. The van der Waals surface area contributed by atoms with Gasteiger partial charge in [-0.05, 0) is 31.4 Å². The molecule has 0 fully saturated rings. The van der Waals surface area contributed by atoms with E-state index in [-0.39, 0.29) is 5.97 Å². The van der Waals surface area contributed by atoms with Crippen LogP contribution in [0.15, 0.2) is 30.3 Å². The van der Waals surface area contributed by atoms with Crippen molar-refractivity contribution in [1.82, 2.24) is 0 Å². The van der Waals surface area contributed by atoms with Crippen LogP contribution in [0.3, 0.4) is 0 Å². The van der Waals surface area contributed by atoms with Crippen LogP contribution in [0, 0.1) is 0 Å². The molecule has 1 rings (SSSR count). The topological polar surface area (TPSA) is 26.3 Å². The Morgan fingerprint density at radius 3 is 2.00 bits per heavy atom. The number of carbonyl (C=O) groups excluding carboxylic acids is 1. The van der Waals surface area contributed by atoms with Crippen LogP contribution in [0.25, 0.3) is 0 Å². The van der Waals surface area contributed by atoms with Crippen molar-refractivity contribution >= 4 is 15.7 Å². The molecular weight excluding hydrogens is 288 g/mol. The van der Waals surface area contributed by atoms with Crippen molar-refractivity contribution in [2.24, 2.45) is 0 Å². The molecule has 0 unspecified atom stereocenters. The van der Waals surface area contributed by atoms with Crippen LogP contribution in [0.5, 0.6) is 0 Å². The first-order chi connectivity index (χ1) is 10.8. The summed E-state index contributed by atoms with van der Waals surface area (Å²) in [5, 5.41) is 0. The van der Waals surface area contributed by atoms with Gasteiger partial charge in [0.1, 0.15) is 0 Å². The third-order valence-corrected chi connectivity index (χ3v) is 4.61. The fourth-order valence-corrected chi connectivity index (χ4v) is 3.18. The van der Waals surface area contributed by atoms with Crippen molar-refractivity contribution in [3.05, 3.63) is 35.9 Å². The summed E-state index contributed by atoms with van der Waals surface area (Å²) in [4.78, 5) is 11.2. The lowest BCUT2D eigenvalue weighted by atomic mass is 10.0. The smallest absolute Gasteiger partial charge is 0.292 e. The molecule has 0 spiro atoms. The summed E-state index contributed by atoms with van der Waals surface area (Å²) in [5.41, 5.74) is 1.46. The summed E-state index contributed by atoms with van der Waals surface area (Å²) < 4.78 is 5.06. The molecule has 0 aliphatic heterocycles. The maximum Gasteiger partial charge on any atom is 0.292 e. The molecule has 22 heavy (non-hydrogen) atoms. The number of carbonyl (C=O) groups is 1. The lowest BCUT2D eigenvalue weighted by molar-refractivity contribution is -0.134. The van der Waals surface area contributed by atoms with Gasteiger partial charge in [0.05, 0.1) is 0 Å². The molecule has 0 bridgehead atoms. The summed E-state index contributed by atoms with van der Waals surface area (Å²) in [5.74, 6) is 0.0209. The molecular formula is C19H32O2Si. The highest BCUT2D eigenvalue weighted by Gasteiger charge is 2.00. The van der Waals surface area contributed by atoms with Gasteiger partial charge in [0.25, 0.3) is 5.97 Å². The Bertz CT molecular complexity index is 378. The average Bonchev–Trinajstić information content (AvgIpc) is 2.54. The molecule has 0 saturated heterocycles. The molecule has 0 aliphatic carbocycles. The van der Waals surface area contributed by atoms with E-state index < -0.39 is 9.76 Å². The van der Waals surface area contributed by atoms with Crippen LogP contribution in [0.2, 0.25) is 6.55 Å².